The predicted molar refractivity (Wildman–Crippen MR) is 66.7 cm³/mol. The molecule has 3 atom stereocenters. The first-order chi connectivity index (χ1) is 6.69. The molecule has 0 amide bonds. The van der Waals surface area contributed by atoms with E-state index in [-0.39, 0.29) is 11.1 Å². The summed E-state index contributed by atoms with van der Waals surface area (Å²) in [6.45, 7) is 15.7. The zero-order valence-electron chi connectivity index (χ0n) is 11.3. The third-order valence-corrected chi connectivity index (χ3v) is 8.35. The Balaban J connectivity index is 2.48. The highest BCUT2D eigenvalue weighted by Gasteiger charge is 2.46. The van der Waals surface area contributed by atoms with Crippen molar-refractivity contribution in [2.24, 2.45) is 0 Å². The van der Waals surface area contributed by atoms with Gasteiger partial charge in [0.1, 0.15) is 6.10 Å². The Hall–Kier alpha value is 0.137. The van der Waals surface area contributed by atoms with Gasteiger partial charge >= 0.3 is 0 Å². The summed E-state index contributed by atoms with van der Waals surface area (Å²) in [6, 6.07) is 0. The van der Waals surface area contributed by atoms with E-state index in [4.69, 9.17) is 9.16 Å². The summed E-state index contributed by atoms with van der Waals surface area (Å²) in [6.07, 6.45) is 2.17. The molecule has 0 aromatic carbocycles. The molecular formula is C12H26O2Si. The summed E-state index contributed by atoms with van der Waals surface area (Å²) in [5.74, 6) is 0. The molecule has 1 fully saturated rings. The molecule has 1 rings (SSSR count). The first-order valence-corrected chi connectivity index (χ1v) is 8.93. The molecule has 0 aromatic rings. The number of hydrogen-bond donors (Lipinski definition) is 0. The van der Waals surface area contributed by atoms with Crippen molar-refractivity contribution in [3.05, 3.63) is 0 Å². The van der Waals surface area contributed by atoms with Gasteiger partial charge in [-0.25, -0.2) is 0 Å². The topological polar surface area (TPSA) is 21.8 Å². The smallest absolute Gasteiger partial charge is 0.192 e. The maximum absolute atomic E-state index is 6.27. The second-order valence-electron chi connectivity index (χ2n) is 6.13. The van der Waals surface area contributed by atoms with Crippen molar-refractivity contribution in [3.8, 4) is 0 Å². The summed E-state index contributed by atoms with van der Waals surface area (Å²) in [5.41, 5.74) is 0. The van der Waals surface area contributed by atoms with E-state index in [2.05, 4.69) is 47.7 Å². The van der Waals surface area contributed by atoms with Crippen LogP contribution in [0, 0.1) is 0 Å². The maximum Gasteiger partial charge on any atom is 0.192 e. The van der Waals surface area contributed by atoms with Crippen LogP contribution < -0.4 is 0 Å². The van der Waals surface area contributed by atoms with E-state index in [0.29, 0.717) is 12.2 Å². The Bertz CT molecular complexity index is 220. The van der Waals surface area contributed by atoms with E-state index in [1.54, 1.807) is 0 Å². The third kappa shape index (κ3) is 3.05. The fourth-order valence-electron chi connectivity index (χ4n) is 1.61. The van der Waals surface area contributed by atoms with Gasteiger partial charge in [0.25, 0.3) is 0 Å². The van der Waals surface area contributed by atoms with Crippen molar-refractivity contribution in [2.45, 2.75) is 77.5 Å². The van der Waals surface area contributed by atoms with E-state index < -0.39 is 8.32 Å². The summed E-state index contributed by atoms with van der Waals surface area (Å²) in [4.78, 5) is 0. The van der Waals surface area contributed by atoms with Gasteiger partial charge in [0.15, 0.2) is 8.32 Å². The standard InChI is InChI=1S/C12H26O2Si/c1-8-10-11(13-10)9(2)14-15(6,7)12(3,4)5/h9-11H,8H2,1-7H3/t9?,10-,11+/m1/s1. The normalized spacial score (nSPS) is 29.0. The van der Waals surface area contributed by atoms with E-state index in [1.165, 1.54) is 0 Å². The van der Waals surface area contributed by atoms with Gasteiger partial charge in [-0.3, -0.25) is 0 Å². The lowest BCUT2D eigenvalue weighted by Crippen LogP contribution is -2.44. The van der Waals surface area contributed by atoms with E-state index in [1.807, 2.05) is 0 Å². The van der Waals surface area contributed by atoms with Crippen LogP contribution in [-0.4, -0.2) is 26.6 Å². The minimum atomic E-state index is -1.61. The predicted octanol–water partition coefficient (Wildman–Crippen LogP) is 3.57. The van der Waals surface area contributed by atoms with Gasteiger partial charge < -0.3 is 9.16 Å². The molecule has 0 saturated carbocycles. The quantitative estimate of drug-likeness (QED) is 0.544. The lowest BCUT2D eigenvalue weighted by Gasteiger charge is -2.38. The van der Waals surface area contributed by atoms with Gasteiger partial charge in [-0.15, -0.1) is 0 Å². The van der Waals surface area contributed by atoms with Gasteiger partial charge in [-0.2, -0.15) is 0 Å². The van der Waals surface area contributed by atoms with Crippen molar-refractivity contribution < 1.29 is 9.16 Å². The number of hydrogen-bond acceptors (Lipinski definition) is 2. The summed E-state index contributed by atoms with van der Waals surface area (Å²) in [7, 11) is -1.61. The summed E-state index contributed by atoms with van der Waals surface area (Å²) >= 11 is 0. The Labute approximate surface area is 95.5 Å². The molecule has 90 valence electrons. The van der Waals surface area contributed by atoms with Crippen molar-refractivity contribution in [1.82, 2.24) is 0 Å². The van der Waals surface area contributed by atoms with Crippen molar-refractivity contribution in [1.29, 1.82) is 0 Å². The van der Waals surface area contributed by atoms with Gasteiger partial charge in [-0.05, 0) is 31.5 Å². The Morgan fingerprint density at radius 2 is 1.87 bits per heavy atom. The second-order valence-corrected chi connectivity index (χ2v) is 10.9. The summed E-state index contributed by atoms with van der Waals surface area (Å²) < 4.78 is 11.9. The monoisotopic (exact) mass is 230 g/mol. The Morgan fingerprint density at radius 3 is 2.20 bits per heavy atom. The molecule has 15 heavy (non-hydrogen) atoms. The molecule has 0 aliphatic carbocycles. The van der Waals surface area contributed by atoms with Crippen LogP contribution in [0.4, 0.5) is 0 Å². The lowest BCUT2D eigenvalue weighted by atomic mass is 10.2. The van der Waals surface area contributed by atoms with Crippen LogP contribution in [0.2, 0.25) is 18.1 Å². The zero-order valence-corrected chi connectivity index (χ0v) is 12.3. The van der Waals surface area contributed by atoms with Crippen LogP contribution in [-0.2, 0) is 9.16 Å². The molecule has 0 N–H and O–H groups in total. The highest BCUT2D eigenvalue weighted by Crippen LogP contribution is 2.39. The zero-order chi connectivity index (χ0) is 11.9. The number of epoxide rings is 1. The van der Waals surface area contributed by atoms with Crippen LogP contribution in [0.5, 0.6) is 0 Å². The highest BCUT2D eigenvalue weighted by atomic mass is 28.4. The molecule has 0 aromatic heterocycles. The molecule has 0 bridgehead atoms. The number of rotatable bonds is 4. The van der Waals surface area contributed by atoms with Gasteiger partial charge in [0, 0.05) is 0 Å². The molecule has 3 heteroatoms. The maximum atomic E-state index is 6.27. The van der Waals surface area contributed by atoms with Crippen LogP contribution in [0.25, 0.3) is 0 Å². The minimum Gasteiger partial charge on any atom is -0.411 e. The van der Waals surface area contributed by atoms with Crippen LogP contribution in [0.1, 0.15) is 41.0 Å². The third-order valence-electron chi connectivity index (χ3n) is 3.77. The van der Waals surface area contributed by atoms with Crippen molar-refractivity contribution in [3.63, 3.8) is 0 Å². The fraction of sp³-hybridized carbons (Fsp3) is 1.00. The van der Waals surface area contributed by atoms with Gasteiger partial charge in [0.2, 0.25) is 0 Å². The average Bonchev–Trinajstić information content (AvgIpc) is 2.79. The molecule has 2 nitrogen and oxygen atoms in total. The highest BCUT2D eigenvalue weighted by molar-refractivity contribution is 6.74. The first-order valence-electron chi connectivity index (χ1n) is 6.02. The Kier molecular flexibility index (Phi) is 3.69. The van der Waals surface area contributed by atoms with Crippen LogP contribution in [0.3, 0.4) is 0 Å². The SMILES string of the molecule is CC[C@H]1O[C@H]1C(C)O[Si](C)(C)C(C)(C)C. The molecule has 1 unspecified atom stereocenters. The fourth-order valence-corrected chi connectivity index (χ4v) is 3.02. The number of ether oxygens (including phenoxy) is 1. The van der Waals surface area contributed by atoms with E-state index >= 15 is 0 Å². The summed E-state index contributed by atoms with van der Waals surface area (Å²) in [5, 5.41) is 0.290. The van der Waals surface area contributed by atoms with Crippen LogP contribution in [0.15, 0.2) is 0 Å². The first kappa shape index (κ1) is 13.2. The second kappa shape index (κ2) is 4.19. The molecule has 1 aliphatic heterocycles. The van der Waals surface area contributed by atoms with Crippen molar-refractivity contribution >= 4 is 8.32 Å². The molecule has 1 heterocycles. The Morgan fingerprint density at radius 1 is 1.33 bits per heavy atom. The molecule has 0 radical (unpaired) electrons. The van der Waals surface area contributed by atoms with Crippen molar-refractivity contribution in [2.75, 3.05) is 0 Å². The van der Waals surface area contributed by atoms with Gasteiger partial charge in [-0.1, -0.05) is 27.7 Å². The molecule has 1 saturated heterocycles. The molecular weight excluding hydrogens is 204 g/mol. The van der Waals surface area contributed by atoms with Crippen LogP contribution >= 0.6 is 0 Å². The molecule has 1 aliphatic rings. The van der Waals surface area contributed by atoms with Gasteiger partial charge in [0.05, 0.1) is 12.2 Å². The minimum absolute atomic E-state index is 0.260. The molecule has 0 spiro atoms. The van der Waals surface area contributed by atoms with E-state index in [0.717, 1.165) is 6.42 Å². The van der Waals surface area contributed by atoms with E-state index in [9.17, 15) is 0 Å². The average molecular weight is 230 g/mol. The lowest BCUT2D eigenvalue weighted by molar-refractivity contribution is 0.159. The largest absolute Gasteiger partial charge is 0.411 e.